The van der Waals surface area contributed by atoms with Gasteiger partial charge in [-0.1, -0.05) is 12.1 Å². The monoisotopic (exact) mass is 547 g/mol. The number of fused-ring (bicyclic) bond motifs is 1. The smallest absolute Gasteiger partial charge is 0.294 e. The maximum Gasteiger partial charge on any atom is 0.294 e. The van der Waals surface area contributed by atoms with Crippen molar-refractivity contribution in [2.24, 2.45) is 0 Å². The Labute approximate surface area is 238 Å². The molecule has 0 aliphatic rings. The zero-order valence-electron chi connectivity index (χ0n) is 19.1. The third-order valence-corrected chi connectivity index (χ3v) is 7.01. The maximum absolute atomic E-state index is 11.4. The van der Waals surface area contributed by atoms with Crippen molar-refractivity contribution in [3.05, 3.63) is 77.6 Å². The Balaban J connectivity index is 0.00000304. The number of hydrogen-bond donors (Lipinski definition) is 3. The molecule has 0 amide bonds. The zero-order chi connectivity index (χ0) is 24.6. The van der Waals surface area contributed by atoms with Crippen LogP contribution in [0.25, 0.3) is 20.8 Å². The maximum atomic E-state index is 11.4. The van der Waals surface area contributed by atoms with E-state index in [9.17, 15) is 13.0 Å². The molecule has 9 nitrogen and oxygen atoms in total. The fourth-order valence-electron chi connectivity index (χ4n) is 3.31. The first-order valence-corrected chi connectivity index (χ1v) is 12.9. The molecule has 5 aromatic rings. The molecule has 2 heterocycles. The van der Waals surface area contributed by atoms with Gasteiger partial charge in [0, 0.05) is 46.5 Å². The Morgan fingerprint density at radius 1 is 0.861 bits per heavy atom. The van der Waals surface area contributed by atoms with E-state index in [1.165, 1.54) is 23.8 Å². The van der Waals surface area contributed by atoms with E-state index < -0.39 is 10.1 Å². The second kappa shape index (κ2) is 10.8. The Morgan fingerprint density at radius 2 is 1.56 bits per heavy atom. The Kier molecular flexibility index (Phi) is 7.90. The standard InChI is InChI=1S/C23H17ClN6O3S2.Na/c1-13-5-10-18-19(11-13)34-20(27-18)14-6-8-15(9-7-14)25-22-28-21(24)29-23(30-22)26-16-3-2-4-17(12-16)35(31,32)33;/h2-12H,1H3,(H,31,32,33)(H2,25,26,28,29,30);. The number of nitrogens with zero attached hydrogens (tertiary/aromatic N) is 4. The van der Waals surface area contributed by atoms with E-state index in [2.05, 4.69) is 38.6 Å². The van der Waals surface area contributed by atoms with Crippen LogP contribution in [0.4, 0.5) is 23.3 Å². The summed E-state index contributed by atoms with van der Waals surface area (Å²) in [4.78, 5) is 16.8. The molecule has 0 bridgehead atoms. The van der Waals surface area contributed by atoms with Crippen LogP contribution < -0.4 is 10.6 Å². The van der Waals surface area contributed by atoms with Crippen molar-refractivity contribution < 1.29 is 13.0 Å². The minimum Gasteiger partial charge on any atom is -0.324 e. The molecule has 177 valence electrons. The van der Waals surface area contributed by atoms with Gasteiger partial charge < -0.3 is 10.6 Å². The van der Waals surface area contributed by atoms with E-state index >= 15 is 0 Å². The van der Waals surface area contributed by atoms with Crippen LogP contribution in [0.5, 0.6) is 0 Å². The number of nitrogens with one attached hydrogen (secondary N) is 2. The summed E-state index contributed by atoms with van der Waals surface area (Å²) in [6.07, 6.45) is 0. The molecule has 36 heavy (non-hydrogen) atoms. The van der Waals surface area contributed by atoms with E-state index in [0.29, 0.717) is 5.69 Å². The number of aromatic nitrogens is 4. The molecule has 1 radical (unpaired) electrons. The number of halogens is 1. The van der Waals surface area contributed by atoms with Crippen molar-refractivity contribution in [1.29, 1.82) is 0 Å². The first-order valence-electron chi connectivity index (χ1n) is 10.2. The first kappa shape index (κ1) is 26.4. The minimum absolute atomic E-state index is 0. The Hall–Kier alpha value is -2.64. The van der Waals surface area contributed by atoms with Gasteiger partial charge in [0.15, 0.2) is 0 Å². The van der Waals surface area contributed by atoms with Gasteiger partial charge in [-0.2, -0.15) is 23.4 Å². The molecule has 0 aliphatic carbocycles. The second-order valence-corrected chi connectivity index (χ2v) is 10.4. The van der Waals surface area contributed by atoms with Crippen LogP contribution in [0.2, 0.25) is 5.28 Å². The molecular weight excluding hydrogens is 531 g/mol. The van der Waals surface area contributed by atoms with Crippen LogP contribution in [-0.4, -0.2) is 62.5 Å². The van der Waals surface area contributed by atoms with E-state index in [1.54, 1.807) is 17.4 Å². The summed E-state index contributed by atoms with van der Waals surface area (Å²) in [5.74, 6) is 0.294. The third kappa shape index (κ3) is 6.19. The number of benzene rings is 3. The Bertz CT molecular complexity index is 1660. The van der Waals surface area contributed by atoms with Gasteiger partial charge >= 0.3 is 0 Å². The summed E-state index contributed by atoms with van der Waals surface area (Å²) in [6.45, 7) is 2.06. The van der Waals surface area contributed by atoms with Crippen LogP contribution in [0.3, 0.4) is 0 Å². The van der Waals surface area contributed by atoms with Crippen molar-refractivity contribution in [2.75, 3.05) is 10.6 Å². The average molecular weight is 548 g/mol. The van der Waals surface area contributed by atoms with Crippen LogP contribution in [0.1, 0.15) is 5.56 Å². The molecule has 3 aromatic carbocycles. The van der Waals surface area contributed by atoms with Crippen molar-refractivity contribution in [3.63, 3.8) is 0 Å². The third-order valence-electron chi connectivity index (χ3n) is 4.93. The SMILES string of the molecule is Cc1ccc2nc(-c3ccc(Nc4nc(Cl)nc(Nc5cccc(S(=O)(=O)O)c5)n4)cc3)sc2c1.[Na]. The first-order chi connectivity index (χ1) is 16.7. The van der Waals surface area contributed by atoms with Gasteiger partial charge in [0.05, 0.1) is 15.1 Å². The summed E-state index contributed by atoms with van der Waals surface area (Å²) in [6, 6.07) is 19.5. The largest absolute Gasteiger partial charge is 0.324 e. The van der Waals surface area contributed by atoms with Gasteiger partial charge in [-0.05, 0) is 78.7 Å². The van der Waals surface area contributed by atoms with Crippen LogP contribution >= 0.6 is 22.9 Å². The quantitative estimate of drug-likeness (QED) is 0.187. The molecular formula is C23H17ClN6NaO3S2. The number of rotatable bonds is 6. The van der Waals surface area contributed by atoms with Gasteiger partial charge in [-0.25, -0.2) is 4.98 Å². The number of anilines is 4. The topological polar surface area (TPSA) is 130 Å². The van der Waals surface area contributed by atoms with Crippen LogP contribution in [0.15, 0.2) is 71.6 Å². The zero-order valence-corrected chi connectivity index (χ0v) is 23.5. The fraction of sp³-hybridized carbons (Fsp3) is 0.0435. The molecule has 3 N–H and O–H groups in total. The van der Waals surface area contributed by atoms with Crippen molar-refractivity contribution in [1.82, 2.24) is 19.9 Å². The summed E-state index contributed by atoms with van der Waals surface area (Å²) in [5, 5.41) is 6.81. The fourth-order valence-corrected chi connectivity index (χ4v) is 5.06. The van der Waals surface area contributed by atoms with Crippen molar-refractivity contribution >= 4 is 96.1 Å². The molecule has 2 aromatic heterocycles. The average Bonchev–Trinajstić information content (AvgIpc) is 3.22. The molecule has 0 aliphatic heterocycles. The van der Waals surface area contributed by atoms with Gasteiger partial charge in [0.25, 0.3) is 10.1 Å². The van der Waals surface area contributed by atoms with E-state index in [4.69, 9.17) is 16.6 Å². The predicted octanol–water partition coefficient (Wildman–Crippen LogP) is 5.46. The normalized spacial score (nSPS) is 11.2. The van der Waals surface area contributed by atoms with Crippen molar-refractivity contribution in [2.45, 2.75) is 11.8 Å². The van der Waals surface area contributed by atoms with E-state index in [1.807, 2.05) is 36.4 Å². The second-order valence-electron chi connectivity index (χ2n) is 7.57. The van der Waals surface area contributed by atoms with E-state index in [-0.39, 0.29) is 51.6 Å². The molecule has 0 unspecified atom stereocenters. The number of thiazole rings is 1. The molecule has 0 spiro atoms. The van der Waals surface area contributed by atoms with Crippen LogP contribution in [0, 0.1) is 6.92 Å². The minimum atomic E-state index is -4.34. The molecule has 5 rings (SSSR count). The molecule has 0 saturated heterocycles. The summed E-state index contributed by atoms with van der Waals surface area (Å²) >= 11 is 7.69. The molecule has 0 atom stereocenters. The van der Waals surface area contributed by atoms with Gasteiger partial charge in [0.2, 0.25) is 17.2 Å². The molecule has 0 fully saturated rings. The molecule has 13 heteroatoms. The molecule has 0 saturated carbocycles. The summed E-state index contributed by atoms with van der Waals surface area (Å²) in [5.41, 5.74) is 4.24. The van der Waals surface area contributed by atoms with Crippen molar-refractivity contribution in [3.8, 4) is 10.6 Å². The van der Waals surface area contributed by atoms with Gasteiger partial charge in [-0.15, -0.1) is 11.3 Å². The van der Waals surface area contributed by atoms with Crippen LogP contribution in [-0.2, 0) is 10.1 Å². The van der Waals surface area contributed by atoms with Gasteiger partial charge in [0.1, 0.15) is 5.01 Å². The number of aryl methyl sites for hydroxylation is 1. The van der Waals surface area contributed by atoms with Gasteiger partial charge in [-0.3, -0.25) is 4.55 Å². The number of hydrogen-bond acceptors (Lipinski definition) is 9. The Morgan fingerprint density at radius 3 is 2.25 bits per heavy atom. The van der Waals surface area contributed by atoms with E-state index in [0.717, 1.165) is 26.5 Å². The summed E-state index contributed by atoms with van der Waals surface area (Å²) in [7, 11) is -4.34. The predicted molar refractivity (Wildman–Crippen MR) is 143 cm³/mol. The summed E-state index contributed by atoms with van der Waals surface area (Å²) < 4.78 is 33.1.